The van der Waals surface area contributed by atoms with Gasteiger partial charge < -0.3 is 8.83 Å². The molecule has 0 spiro atoms. The maximum atomic E-state index is 9.09. The van der Waals surface area contributed by atoms with Crippen LogP contribution in [0, 0.1) is 23.5 Å². The molecular weight excluding hydrogens is 657 g/mol. The third-order valence-electron chi connectivity index (χ3n) is 6.79. The van der Waals surface area contributed by atoms with Gasteiger partial charge in [0.1, 0.15) is 11.7 Å². The summed E-state index contributed by atoms with van der Waals surface area (Å²) in [7, 11) is 0. The van der Waals surface area contributed by atoms with Crippen LogP contribution in [0.3, 0.4) is 0 Å². The zero-order valence-corrected chi connectivity index (χ0v) is 22.6. The molecule has 0 atom stereocenters. The van der Waals surface area contributed by atoms with Crippen molar-refractivity contribution in [2.45, 2.75) is 19.3 Å². The summed E-state index contributed by atoms with van der Waals surface area (Å²) in [6.45, 7) is 4.20. The van der Waals surface area contributed by atoms with Crippen LogP contribution in [0.1, 0.15) is 31.0 Å². The van der Waals surface area contributed by atoms with E-state index in [4.69, 9.17) is 24.3 Å². The van der Waals surface area contributed by atoms with Gasteiger partial charge in [0, 0.05) is 28.9 Å². The van der Waals surface area contributed by atoms with Crippen LogP contribution in [-0.4, -0.2) is 19.6 Å². The van der Waals surface area contributed by atoms with Crippen molar-refractivity contribution in [3.63, 3.8) is 0 Å². The molecule has 7 aromatic rings. The number of hydrogen-bond acceptors (Lipinski definition) is 5. The standard InChI is InChI=1S/C30H19N5O2.Pt/c1-30(2,28-11-13-34(32-28)20-7-9-25-19(15-20)16-22(18-31)36-25)29-12-14-35(33-29)21-8-10-27-24(17-21)23-5-3-4-6-26(23)37-27;/h3-6,9-17H,1-2H3;/q-2;+2. The second-order valence-corrected chi connectivity index (χ2v) is 9.47. The molecule has 8 heteroatoms. The average Bonchev–Trinajstić information content (AvgIpc) is 3.71. The Balaban J connectivity index is 0.00000264. The predicted molar refractivity (Wildman–Crippen MR) is 139 cm³/mol. The molecule has 7 nitrogen and oxygen atoms in total. The molecule has 0 saturated carbocycles. The number of benzene rings is 3. The Hall–Kier alpha value is -4.40. The van der Waals surface area contributed by atoms with Gasteiger partial charge in [0.2, 0.25) is 0 Å². The fourth-order valence-electron chi connectivity index (χ4n) is 4.67. The van der Waals surface area contributed by atoms with E-state index in [0.717, 1.165) is 50.1 Å². The normalized spacial score (nSPS) is 11.7. The Bertz CT molecular complexity index is 2000. The monoisotopic (exact) mass is 676 g/mol. The van der Waals surface area contributed by atoms with Gasteiger partial charge in [-0.05, 0) is 49.5 Å². The van der Waals surface area contributed by atoms with E-state index in [1.54, 1.807) is 16.8 Å². The fraction of sp³-hybridized carbons (Fsp3) is 0.100. The summed E-state index contributed by atoms with van der Waals surface area (Å²) in [5.74, 6) is 0.274. The third-order valence-corrected chi connectivity index (χ3v) is 6.79. The molecule has 0 N–H and O–H groups in total. The third kappa shape index (κ3) is 3.77. The molecule has 0 aliphatic heterocycles. The van der Waals surface area contributed by atoms with E-state index in [0.29, 0.717) is 5.58 Å². The minimum absolute atomic E-state index is 0. The van der Waals surface area contributed by atoms with Crippen LogP contribution >= 0.6 is 0 Å². The predicted octanol–water partition coefficient (Wildman–Crippen LogP) is 6.50. The molecule has 4 aromatic heterocycles. The van der Waals surface area contributed by atoms with E-state index in [9.17, 15) is 0 Å². The van der Waals surface area contributed by atoms with E-state index in [1.807, 2.05) is 65.6 Å². The molecule has 7 rings (SSSR count). The van der Waals surface area contributed by atoms with Gasteiger partial charge in [-0.25, -0.2) is 0 Å². The largest absolute Gasteiger partial charge is 2.00 e. The summed E-state index contributed by atoms with van der Waals surface area (Å²) in [6, 6.07) is 29.8. The van der Waals surface area contributed by atoms with Crippen molar-refractivity contribution in [3.05, 3.63) is 108 Å². The van der Waals surface area contributed by atoms with E-state index >= 15 is 0 Å². The van der Waals surface area contributed by atoms with E-state index in [2.05, 4.69) is 38.1 Å². The van der Waals surface area contributed by atoms with Crippen molar-refractivity contribution >= 4 is 32.9 Å². The van der Waals surface area contributed by atoms with Crippen molar-refractivity contribution in [3.8, 4) is 17.4 Å². The Morgan fingerprint density at radius 1 is 0.789 bits per heavy atom. The summed E-state index contributed by atoms with van der Waals surface area (Å²) in [6.07, 6.45) is 3.85. The minimum atomic E-state index is -0.448. The van der Waals surface area contributed by atoms with Crippen molar-refractivity contribution < 1.29 is 29.9 Å². The SMILES string of the molecule is CC(C)(c1ccn(-c2[c-]cc3oc(C#N)cc3c2)n1)c1ccn(-c2[c-]cc3oc4ccccc4c3c2)n1.[Pt+2]. The van der Waals surface area contributed by atoms with Gasteiger partial charge in [-0.15, -0.1) is 24.3 Å². The molecule has 38 heavy (non-hydrogen) atoms. The van der Waals surface area contributed by atoms with Gasteiger partial charge in [0.25, 0.3) is 0 Å². The second-order valence-electron chi connectivity index (χ2n) is 9.47. The number of furan rings is 2. The van der Waals surface area contributed by atoms with Gasteiger partial charge in [-0.3, -0.25) is 9.36 Å². The number of para-hydroxylation sites is 1. The van der Waals surface area contributed by atoms with Gasteiger partial charge in [-0.2, -0.15) is 27.6 Å². The molecule has 0 unspecified atom stereocenters. The number of fused-ring (bicyclic) bond motifs is 4. The topological polar surface area (TPSA) is 85.7 Å². The molecule has 0 amide bonds. The maximum Gasteiger partial charge on any atom is 2.00 e. The van der Waals surface area contributed by atoms with Crippen molar-refractivity contribution in [2.24, 2.45) is 0 Å². The summed E-state index contributed by atoms with van der Waals surface area (Å²) < 4.78 is 15.0. The number of nitrogens with zero attached hydrogens (tertiary/aromatic N) is 5. The van der Waals surface area contributed by atoms with E-state index in [-0.39, 0.29) is 26.8 Å². The number of nitriles is 1. The molecule has 4 heterocycles. The van der Waals surface area contributed by atoms with Crippen LogP contribution < -0.4 is 0 Å². The zero-order valence-electron chi connectivity index (χ0n) is 20.4. The molecule has 0 saturated heterocycles. The quantitative estimate of drug-likeness (QED) is 0.199. The molecule has 186 valence electrons. The zero-order chi connectivity index (χ0) is 25.1. The van der Waals surface area contributed by atoms with Gasteiger partial charge in [0.05, 0.1) is 16.8 Å². The molecule has 0 aliphatic rings. The Labute approximate surface area is 232 Å². The second kappa shape index (κ2) is 8.86. The van der Waals surface area contributed by atoms with Crippen molar-refractivity contribution in [2.75, 3.05) is 0 Å². The number of rotatable bonds is 4. The van der Waals surface area contributed by atoms with Crippen LogP contribution in [0.25, 0.3) is 44.3 Å². The maximum absolute atomic E-state index is 9.09. The van der Waals surface area contributed by atoms with Gasteiger partial charge in [0.15, 0.2) is 5.76 Å². The first-order valence-electron chi connectivity index (χ1n) is 11.8. The Morgan fingerprint density at radius 2 is 1.45 bits per heavy atom. The summed E-state index contributed by atoms with van der Waals surface area (Å²) in [4.78, 5) is 0. The van der Waals surface area contributed by atoms with E-state index in [1.165, 1.54) is 0 Å². The fourth-order valence-corrected chi connectivity index (χ4v) is 4.67. The Kier molecular flexibility index (Phi) is 5.59. The first kappa shape index (κ1) is 24.0. The first-order chi connectivity index (χ1) is 18.0. The van der Waals surface area contributed by atoms with Crippen LogP contribution in [0.5, 0.6) is 0 Å². The van der Waals surface area contributed by atoms with Crippen LogP contribution in [-0.2, 0) is 26.5 Å². The van der Waals surface area contributed by atoms with Crippen molar-refractivity contribution in [1.29, 1.82) is 5.26 Å². The molecule has 0 aliphatic carbocycles. The van der Waals surface area contributed by atoms with Crippen LogP contribution in [0.15, 0.2) is 88.0 Å². The first-order valence-corrected chi connectivity index (χ1v) is 11.8. The minimum Gasteiger partial charge on any atom is -0.516 e. The van der Waals surface area contributed by atoms with Gasteiger partial charge in [-0.1, -0.05) is 29.0 Å². The van der Waals surface area contributed by atoms with Gasteiger partial charge >= 0.3 is 21.1 Å². The molecule has 0 radical (unpaired) electrons. The smallest absolute Gasteiger partial charge is 0.516 e. The number of hydrogen-bond donors (Lipinski definition) is 0. The van der Waals surface area contributed by atoms with Crippen LogP contribution in [0.2, 0.25) is 0 Å². The average molecular weight is 677 g/mol. The van der Waals surface area contributed by atoms with E-state index < -0.39 is 5.41 Å². The van der Waals surface area contributed by atoms with Crippen LogP contribution in [0.4, 0.5) is 0 Å². The van der Waals surface area contributed by atoms with Crippen molar-refractivity contribution in [1.82, 2.24) is 19.6 Å². The summed E-state index contributed by atoms with van der Waals surface area (Å²) >= 11 is 0. The summed E-state index contributed by atoms with van der Waals surface area (Å²) in [5, 5.41) is 21.8. The molecule has 0 bridgehead atoms. The molecular formula is C30H19N5O2Pt. The Morgan fingerprint density at radius 3 is 2.16 bits per heavy atom. The molecule has 3 aromatic carbocycles. The number of aromatic nitrogens is 4. The molecule has 0 fully saturated rings. The summed E-state index contributed by atoms with van der Waals surface area (Å²) in [5.41, 5.74) is 5.20.